The molecular weight excluding hydrogens is 986 g/mol. The second kappa shape index (κ2) is 28.0. The van der Waals surface area contributed by atoms with E-state index >= 15 is 0 Å². The number of fused-ring (bicyclic) bond motifs is 3. The van der Waals surface area contributed by atoms with Crippen molar-refractivity contribution in [2.45, 2.75) is 71.1 Å². The van der Waals surface area contributed by atoms with Crippen LogP contribution in [0.15, 0.2) is 60.7 Å². The second-order valence-electron chi connectivity index (χ2n) is 17.9. The number of rotatable bonds is 27. The Morgan fingerprint density at radius 3 is 2.31 bits per heavy atom. The van der Waals surface area contributed by atoms with E-state index in [2.05, 4.69) is 26.6 Å². The summed E-state index contributed by atoms with van der Waals surface area (Å²) in [7, 11) is 1.49. The van der Waals surface area contributed by atoms with Gasteiger partial charge in [0.1, 0.15) is 31.0 Å². The molecule has 0 bridgehead atoms. The van der Waals surface area contributed by atoms with E-state index in [1.807, 2.05) is 25.1 Å². The summed E-state index contributed by atoms with van der Waals surface area (Å²) in [5.41, 5.74) is 8.96. The van der Waals surface area contributed by atoms with Crippen LogP contribution in [-0.4, -0.2) is 158 Å². The molecule has 23 nitrogen and oxygen atoms in total. The van der Waals surface area contributed by atoms with Crippen LogP contribution in [-0.2, 0) is 44.8 Å². The molecule has 74 heavy (non-hydrogen) atoms. The number of alkyl carbamates (subject to hydrolysis) is 1. The fraction of sp³-hybridized carbons (Fsp3) is 0.460. The number of ether oxygens (including phenoxy) is 4. The lowest BCUT2D eigenvalue weighted by Gasteiger charge is -2.25. The Bertz CT molecular complexity index is 2540. The molecule has 8 N–H and O–H groups in total. The van der Waals surface area contributed by atoms with Gasteiger partial charge in [-0.3, -0.25) is 28.9 Å². The number of carbonyl (C=O) groups excluding carboxylic acids is 8. The van der Waals surface area contributed by atoms with Gasteiger partial charge in [-0.15, -0.1) is 11.6 Å². The number of imide groups is 1. The van der Waals surface area contributed by atoms with Crippen LogP contribution in [0.25, 0.3) is 10.8 Å². The topological polar surface area (TPSA) is 307 Å². The number of anilines is 2. The van der Waals surface area contributed by atoms with Gasteiger partial charge in [0.05, 0.1) is 19.8 Å². The Kier molecular flexibility index (Phi) is 21.6. The molecule has 0 aliphatic carbocycles. The highest BCUT2D eigenvalue weighted by Crippen LogP contribution is 2.44. The zero-order valence-electron chi connectivity index (χ0n) is 41.7. The lowest BCUT2D eigenvalue weighted by molar-refractivity contribution is -0.138. The SMILES string of the molecule is Cc1cccc2c(OC(=O)N(CCCC(=O)O)CCN(C)C(=O)OCc3ccc(NC(=O)[C@H](CCCNC(N)=O)NC(=O)[C@@H](NC(=O)OCCOCCN4C(=O)C=CC4=O)C(C)C)cc3)cc3c(c12)[C@H](CCl)CN3. The molecule has 0 fully saturated rings. The minimum absolute atomic E-state index is 0.00312. The molecule has 3 atom stereocenters. The minimum atomic E-state index is -1.13. The molecule has 0 saturated carbocycles. The standard InChI is InChI=1S/C50H64ClN9O14/c1-30(2)44(57-48(68)72-25-24-71-23-22-60-39(61)16-17-40(60)62)46(66)56-36(10-6-18-53-47(52)67)45(65)55-34-14-12-32(13-15-34)29-73-49(69)58(4)20-21-59(19-7-11-41(63)64)50(70)74-38-26-37-43(33(27-51)28-54-37)42-31(3)8-5-9-35(38)42/h5,8-9,12-17,26,30,33,36,44,54H,6-7,10-11,18-25,27-29H2,1-4H3,(H,55,65)(H,56,66)(H,57,68)(H,63,64)(H3,52,53,67)/t33-,36+,44+/m1/s1. The van der Waals surface area contributed by atoms with Crippen molar-refractivity contribution < 1.29 is 67.2 Å². The summed E-state index contributed by atoms with van der Waals surface area (Å²) < 4.78 is 22.0. The number of carboxylic acid groups (broad SMARTS) is 1. The van der Waals surface area contributed by atoms with Gasteiger partial charge in [-0.25, -0.2) is 19.2 Å². The molecule has 9 amide bonds. The molecule has 2 aliphatic rings. The number of carboxylic acids is 1. The molecule has 0 spiro atoms. The summed E-state index contributed by atoms with van der Waals surface area (Å²) in [6.45, 7) is 5.80. The number of amides is 9. The third kappa shape index (κ3) is 16.7. The van der Waals surface area contributed by atoms with Crippen LogP contribution in [0.3, 0.4) is 0 Å². The summed E-state index contributed by atoms with van der Waals surface area (Å²) in [4.78, 5) is 116. The number of aliphatic carboxylic acids is 1. The third-order valence-corrected chi connectivity index (χ3v) is 12.4. The summed E-state index contributed by atoms with van der Waals surface area (Å²) in [6.07, 6.45) is 0.236. The van der Waals surface area contributed by atoms with Crippen molar-refractivity contribution in [3.05, 3.63) is 77.4 Å². The van der Waals surface area contributed by atoms with Crippen molar-refractivity contribution in [1.82, 2.24) is 30.7 Å². The van der Waals surface area contributed by atoms with E-state index < -0.39 is 71.9 Å². The lowest BCUT2D eigenvalue weighted by Crippen LogP contribution is -2.54. The predicted molar refractivity (Wildman–Crippen MR) is 272 cm³/mol. The quantitative estimate of drug-likeness (QED) is 0.0316. The van der Waals surface area contributed by atoms with Crippen molar-refractivity contribution in [3.63, 3.8) is 0 Å². The average Bonchev–Trinajstić information content (AvgIpc) is 3.93. The molecule has 400 valence electrons. The number of benzene rings is 3. The van der Waals surface area contributed by atoms with Crippen LogP contribution in [0.5, 0.6) is 5.75 Å². The summed E-state index contributed by atoms with van der Waals surface area (Å²) >= 11 is 6.30. The monoisotopic (exact) mass is 1050 g/mol. The maximum atomic E-state index is 13.7. The number of alkyl halides is 1. The molecule has 24 heteroatoms. The Labute approximate surface area is 432 Å². The average molecular weight is 1050 g/mol. The first-order valence-electron chi connectivity index (χ1n) is 24.1. The van der Waals surface area contributed by atoms with Gasteiger partial charge in [-0.1, -0.05) is 44.2 Å². The van der Waals surface area contributed by atoms with E-state index in [1.54, 1.807) is 44.2 Å². The molecule has 2 heterocycles. The summed E-state index contributed by atoms with van der Waals surface area (Å²) in [5, 5.41) is 24.7. The highest BCUT2D eigenvalue weighted by molar-refractivity contribution is 6.19. The van der Waals surface area contributed by atoms with Gasteiger partial charge >= 0.3 is 30.3 Å². The molecule has 5 rings (SSSR count). The van der Waals surface area contributed by atoms with Gasteiger partial charge in [0.25, 0.3) is 11.8 Å². The predicted octanol–water partition coefficient (Wildman–Crippen LogP) is 4.39. The normalized spacial score (nSPS) is 14.4. The van der Waals surface area contributed by atoms with E-state index in [-0.39, 0.29) is 90.8 Å². The van der Waals surface area contributed by atoms with Crippen molar-refractivity contribution in [2.24, 2.45) is 11.7 Å². The molecule has 0 saturated heterocycles. The van der Waals surface area contributed by atoms with Crippen molar-refractivity contribution in [3.8, 4) is 5.75 Å². The Balaban J connectivity index is 1.12. The number of aryl methyl sites for hydroxylation is 1. The molecular formula is C50H64ClN9O14. The fourth-order valence-corrected chi connectivity index (χ4v) is 8.30. The lowest BCUT2D eigenvalue weighted by atomic mass is 9.92. The number of nitrogens with zero attached hydrogens (tertiary/aromatic N) is 3. The molecule has 0 aromatic heterocycles. The molecule has 3 aromatic carbocycles. The number of urea groups is 1. The number of nitrogens with two attached hydrogens (primary N) is 1. The van der Waals surface area contributed by atoms with E-state index in [1.165, 1.54) is 16.8 Å². The van der Waals surface area contributed by atoms with Crippen LogP contribution in [0.4, 0.5) is 30.6 Å². The van der Waals surface area contributed by atoms with Crippen LogP contribution in [0.2, 0.25) is 0 Å². The van der Waals surface area contributed by atoms with Gasteiger partial charge in [-0.05, 0) is 66.3 Å². The zero-order chi connectivity index (χ0) is 53.9. The number of carbonyl (C=O) groups is 9. The Hall–Kier alpha value is -7.66. The zero-order valence-corrected chi connectivity index (χ0v) is 42.5. The van der Waals surface area contributed by atoms with Crippen molar-refractivity contribution in [2.75, 3.05) is 82.7 Å². The van der Waals surface area contributed by atoms with Gasteiger partial charge in [-0.2, -0.15) is 0 Å². The minimum Gasteiger partial charge on any atom is -0.481 e. The Morgan fingerprint density at radius 2 is 1.64 bits per heavy atom. The smallest absolute Gasteiger partial charge is 0.415 e. The molecule has 0 unspecified atom stereocenters. The van der Waals surface area contributed by atoms with Crippen molar-refractivity contribution >= 4 is 87.7 Å². The van der Waals surface area contributed by atoms with Gasteiger partial charge in [0.15, 0.2) is 0 Å². The van der Waals surface area contributed by atoms with E-state index in [0.29, 0.717) is 29.4 Å². The van der Waals surface area contributed by atoms with Crippen LogP contribution in [0.1, 0.15) is 62.1 Å². The number of halogens is 1. The third-order valence-electron chi connectivity index (χ3n) is 12.0. The van der Waals surface area contributed by atoms with E-state index in [9.17, 15) is 48.3 Å². The van der Waals surface area contributed by atoms with Crippen LogP contribution in [0, 0.1) is 12.8 Å². The number of likely N-dealkylation sites (N-methyl/N-ethyl adjacent to an activating group) is 1. The largest absolute Gasteiger partial charge is 0.481 e. The van der Waals surface area contributed by atoms with Gasteiger partial charge in [0.2, 0.25) is 11.8 Å². The second-order valence-corrected chi connectivity index (χ2v) is 18.2. The van der Waals surface area contributed by atoms with Crippen LogP contribution >= 0.6 is 11.6 Å². The number of hydrogen-bond donors (Lipinski definition) is 7. The number of nitrogens with one attached hydrogen (secondary N) is 5. The van der Waals surface area contributed by atoms with Crippen LogP contribution < -0.4 is 37.1 Å². The van der Waals surface area contributed by atoms with Gasteiger partial charge in [0, 0.05) is 93.0 Å². The Morgan fingerprint density at radius 1 is 0.905 bits per heavy atom. The number of hydrogen-bond acceptors (Lipinski definition) is 14. The van der Waals surface area contributed by atoms with E-state index in [4.69, 9.17) is 36.3 Å². The fourth-order valence-electron chi connectivity index (χ4n) is 8.03. The van der Waals surface area contributed by atoms with E-state index in [0.717, 1.165) is 44.6 Å². The van der Waals surface area contributed by atoms with Crippen molar-refractivity contribution in [1.29, 1.82) is 0 Å². The number of primary amides is 1. The molecule has 2 aliphatic heterocycles. The maximum absolute atomic E-state index is 13.7. The maximum Gasteiger partial charge on any atom is 0.415 e. The first-order valence-corrected chi connectivity index (χ1v) is 24.6. The first-order chi connectivity index (χ1) is 35.4. The molecule has 0 radical (unpaired) electrons. The highest BCUT2D eigenvalue weighted by atomic mass is 35.5. The first kappa shape index (κ1) is 57.2. The summed E-state index contributed by atoms with van der Waals surface area (Å²) in [6, 6.07) is 10.8. The highest BCUT2D eigenvalue weighted by Gasteiger charge is 2.31. The molecule has 3 aromatic rings. The van der Waals surface area contributed by atoms with Gasteiger partial charge < -0.3 is 66.2 Å². The summed E-state index contributed by atoms with van der Waals surface area (Å²) in [5.74, 6) is -2.84.